The number of benzene rings is 1. The number of hydrogen-bond acceptors (Lipinski definition) is 3. The van der Waals surface area contributed by atoms with E-state index in [1.54, 1.807) is 23.5 Å². The summed E-state index contributed by atoms with van der Waals surface area (Å²) < 4.78 is 18.9. The van der Waals surface area contributed by atoms with Crippen molar-refractivity contribution in [2.45, 2.75) is 19.4 Å². The first kappa shape index (κ1) is 13.1. The second-order valence-corrected chi connectivity index (χ2v) is 4.98. The van der Waals surface area contributed by atoms with Gasteiger partial charge in [0.05, 0.1) is 13.2 Å². The molecule has 0 aliphatic carbocycles. The van der Waals surface area contributed by atoms with Crippen molar-refractivity contribution >= 4 is 11.3 Å². The molecule has 2 rings (SSSR count). The van der Waals surface area contributed by atoms with E-state index in [0.29, 0.717) is 11.3 Å². The molecule has 0 aliphatic rings. The Morgan fingerprint density at radius 3 is 2.78 bits per heavy atom. The first-order chi connectivity index (χ1) is 8.67. The lowest BCUT2D eigenvalue weighted by atomic mass is 10.0. The fraction of sp³-hybridized carbons (Fsp3) is 0.286. The highest BCUT2D eigenvalue weighted by Gasteiger charge is 2.17. The highest BCUT2D eigenvalue weighted by molar-refractivity contribution is 7.10. The molecule has 0 saturated carbocycles. The maximum absolute atomic E-state index is 14.0. The van der Waals surface area contributed by atoms with E-state index in [-0.39, 0.29) is 5.82 Å². The fourth-order valence-electron chi connectivity index (χ4n) is 1.94. The van der Waals surface area contributed by atoms with Gasteiger partial charge in [0, 0.05) is 16.5 Å². The van der Waals surface area contributed by atoms with Gasteiger partial charge in [0.1, 0.15) is 11.6 Å². The summed E-state index contributed by atoms with van der Waals surface area (Å²) in [5.74, 6) is 0.183. The van der Waals surface area contributed by atoms with E-state index in [9.17, 15) is 4.39 Å². The Morgan fingerprint density at radius 1 is 1.39 bits per heavy atom. The van der Waals surface area contributed by atoms with Crippen LogP contribution in [0, 0.1) is 5.82 Å². The van der Waals surface area contributed by atoms with Crippen molar-refractivity contribution in [2.75, 3.05) is 7.11 Å². The van der Waals surface area contributed by atoms with E-state index >= 15 is 0 Å². The molecule has 1 heterocycles. The second-order valence-electron chi connectivity index (χ2n) is 4.03. The average molecular weight is 265 g/mol. The molecule has 0 spiro atoms. The van der Waals surface area contributed by atoms with Crippen LogP contribution >= 0.6 is 11.3 Å². The molecule has 2 aromatic rings. The number of hydrogen-bond donors (Lipinski definition) is 1. The van der Waals surface area contributed by atoms with Crippen LogP contribution in [0.25, 0.3) is 0 Å². The summed E-state index contributed by atoms with van der Waals surface area (Å²) in [6.07, 6.45) is 0.907. The molecule has 0 bridgehead atoms. The molecule has 0 saturated heterocycles. The van der Waals surface area contributed by atoms with E-state index in [2.05, 4.69) is 6.92 Å². The van der Waals surface area contributed by atoms with E-state index in [1.165, 1.54) is 18.7 Å². The second kappa shape index (κ2) is 5.50. The van der Waals surface area contributed by atoms with Crippen LogP contribution in [0.3, 0.4) is 0 Å². The minimum absolute atomic E-state index is 0.322. The van der Waals surface area contributed by atoms with Gasteiger partial charge in [-0.3, -0.25) is 0 Å². The van der Waals surface area contributed by atoms with Crippen molar-refractivity contribution in [1.82, 2.24) is 0 Å². The summed E-state index contributed by atoms with van der Waals surface area (Å²) in [4.78, 5) is 1.03. The molecule has 1 aromatic carbocycles. The molecule has 0 fully saturated rings. The molecule has 18 heavy (non-hydrogen) atoms. The van der Waals surface area contributed by atoms with Gasteiger partial charge in [-0.25, -0.2) is 4.39 Å². The lowest BCUT2D eigenvalue weighted by Gasteiger charge is -2.14. The predicted molar refractivity (Wildman–Crippen MR) is 72.7 cm³/mol. The zero-order chi connectivity index (χ0) is 13.1. The number of aryl methyl sites for hydroxylation is 1. The maximum atomic E-state index is 14.0. The van der Waals surface area contributed by atoms with Gasteiger partial charge in [-0.15, -0.1) is 11.3 Å². The summed E-state index contributed by atoms with van der Waals surface area (Å²) in [5, 5.41) is 2.00. The minimum atomic E-state index is -0.411. The normalized spacial score (nSPS) is 12.4. The summed E-state index contributed by atoms with van der Waals surface area (Å²) >= 11 is 1.57. The van der Waals surface area contributed by atoms with E-state index in [4.69, 9.17) is 10.5 Å². The molecule has 1 aromatic heterocycles. The van der Waals surface area contributed by atoms with Crippen LogP contribution in [0.2, 0.25) is 0 Å². The lowest BCUT2D eigenvalue weighted by Crippen LogP contribution is -2.13. The zero-order valence-corrected chi connectivity index (χ0v) is 11.3. The van der Waals surface area contributed by atoms with Gasteiger partial charge in [-0.05, 0) is 29.5 Å². The third-order valence-corrected chi connectivity index (χ3v) is 4.03. The number of methoxy groups -OCH3 is 1. The lowest BCUT2D eigenvalue weighted by molar-refractivity contribution is 0.410. The van der Waals surface area contributed by atoms with Gasteiger partial charge < -0.3 is 10.5 Å². The molecule has 0 amide bonds. The third-order valence-electron chi connectivity index (χ3n) is 2.99. The highest BCUT2D eigenvalue weighted by Crippen LogP contribution is 2.30. The Bertz CT molecular complexity index is 538. The summed E-state index contributed by atoms with van der Waals surface area (Å²) in [6.45, 7) is 2.07. The molecule has 96 valence electrons. The van der Waals surface area contributed by atoms with Crippen molar-refractivity contribution in [3.8, 4) is 5.75 Å². The molecule has 4 heteroatoms. The van der Waals surface area contributed by atoms with Crippen molar-refractivity contribution in [1.29, 1.82) is 0 Å². The fourth-order valence-corrected chi connectivity index (χ4v) is 2.96. The summed E-state index contributed by atoms with van der Waals surface area (Å²) in [7, 11) is 1.52. The van der Waals surface area contributed by atoms with Gasteiger partial charge in [0.25, 0.3) is 0 Å². The van der Waals surface area contributed by atoms with E-state index < -0.39 is 6.04 Å². The molecule has 0 radical (unpaired) electrons. The predicted octanol–water partition coefficient (Wildman–Crippen LogP) is 3.51. The van der Waals surface area contributed by atoms with Crippen LogP contribution in [0.4, 0.5) is 4.39 Å². The Hall–Kier alpha value is -1.39. The van der Waals surface area contributed by atoms with Crippen molar-refractivity contribution in [2.24, 2.45) is 5.73 Å². The first-order valence-electron chi connectivity index (χ1n) is 5.82. The van der Waals surface area contributed by atoms with Gasteiger partial charge in [0.2, 0.25) is 0 Å². The molecule has 1 atom stereocenters. The maximum Gasteiger partial charge on any atom is 0.132 e. The molecule has 2 N–H and O–H groups in total. The van der Waals surface area contributed by atoms with Crippen LogP contribution in [0.15, 0.2) is 29.6 Å². The number of nitrogens with two attached hydrogens (primary N) is 1. The van der Waals surface area contributed by atoms with Gasteiger partial charge >= 0.3 is 0 Å². The Labute approximate surface area is 110 Å². The van der Waals surface area contributed by atoms with Crippen LogP contribution < -0.4 is 10.5 Å². The monoisotopic (exact) mass is 265 g/mol. The largest absolute Gasteiger partial charge is 0.497 e. The van der Waals surface area contributed by atoms with Crippen LogP contribution in [0.1, 0.15) is 29.0 Å². The number of thiophene rings is 1. The third kappa shape index (κ3) is 2.40. The molecule has 2 nitrogen and oxygen atoms in total. The van der Waals surface area contributed by atoms with E-state index in [0.717, 1.165) is 11.3 Å². The minimum Gasteiger partial charge on any atom is -0.497 e. The summed E-state index contributed by atoms with van der Waals surface area (Å²) in [5.41, 5.74) is 7.85. The van der Waals surface area contributed by atoms with Crippen LogP contribution in [-0.2, 0) is 6.42 Å². The number of halogens is 1. The zero-order valence-electron chi connectivity index (χ0n) is 10.4. The smallest absolute Gasteiger partial charge is 0.132 e. The quantitative estimate of drug-likeness (QED) is 0.918. The van der Waals surface area contributed by atoms with Gasteiger partial charge in [-0.1, -0.05) is 13.0 Å². The SMILES string of the molecule is CCc1ccsc1C(N)c1ccc(OC)cc1F. The standard InChI is InChI=1S/C14H16FNOS/c1-3-9-6-7-18-14(9)13(16)11-5-4-10(17-2)8-12(11)15/h4-8,13H,3,16H2,1-2H3. The average Bonchev–Trinajstić information content (AvgIpc) is 2.86. The Kier molecular flexibility index (Phi) is 3.99. The van der Waals surface area contributed by atoms with Crippen molar-refractivity contribution in [3.63, 3.8) is 0 Å². The molecular weight excluding hydrogens is 249 g/mol. The number of ether oxygens (including phenoxy) is 1. The Morgan fingerprint density at radius 2 is 2.17 bits per heavy atom. The molecule has 1 unspecified atom stereocenters. The van der Waals surface area contributed by atoms with Crippen molar-refractivity contribution in [3.05, 3.63) is 51.5 Å². The van der Waals surface area contributed by atoms with Crippen LogP contribution in [-0.4, -0.2) is 7.11 Å². The van der Waals surface area contributed by atoms with Crippen molar-refractivity contribution < 1.29 is 9.13 Å². The molecule has 0 aliphatic heterocycles. The van der Waals surface area contributed by atoms with Crippen LogP contribution in [0.5, 0.6) is 5.75 Å². The number of rotatable bonds is 4. The Balaban J connectivity index is 2.37. The topological polar surface area (TPSA) is 35.2 Å². The summed E-state index contributed by atoms with van der Waals surface area (Å²) in [6, 6.07) is 6.43. The first-order valence-corrected chi connectivity index (χ1v) is 6.70. The molecular formula is C14H16FNOS. The highest BCUT2D eigenvalue weighted by atomic mass is 32.1. The van der Waals surface area contributed by atoms with E-state index in [1.807, 2.05) is 11.4 Å². The van der Waals surface area contributed by atoms with Gasteiger partial charge in [0.15, 0.2) is 0 Å². The van der Waals surface area contributed by atoms with Gasteiger partial charge in [-0.2, -0.15) is 0 Å².